The van der Waals surface area contributed by atoms with Crippen LogP contribution in [0.1, 0.15) is 17.0 Å². The van der Waals surface area contributed by atoms with E-state index in [9.17, 15) is 13.2 Å². The number of furan rings is 1. The van der Waals surface area contributed by atoms with E-state index in [1.54, 1.807) is 13.0 Å². The molecular formula is C12H11F3N2OS. The second kappa shape index (κ2) is 5.26. The fraction of sp³-hybridized carbons (Fsp3) is 0.250. The summed E-state index contributed by atoms with van der Waals surface area (Å²) < 4.78 is 43.0. The van der Waals surface area contributed by atoms with Crippen molar-refractivity contribution in [1.29, 1.82) is 0 Å². The van der Waals surface area contributed by atoms with Crippen molar-refractivity contribution in [2.45, 2.75) is 29.6 Å². The Hall–Kier alpha value is -1.47. The Balaban J connectivity index is 2.40. The Morgan fingerprint density at radius 2 is 2.05 bits per heavy atom. The van der Waals surface area contributed by atoms with Crippen molar-refractivity contribution >= 4 is 11.8 Å². The van der Waals surface area contributed by atoms with Crippen LogP contribution in [0, 0.1) is 6.92 Å². The molecule has 0 aliphatic carbocycles. The van der Waals surface area contributed by atoms with Gasteiger partial charge in [-0.15, -0.1) is 0 Å². The summed E-state index contributed by atoms with van der Waals surface area (Å²) in [4.78, 5) is 4.37. The van der Waals surface area contributed by atoms with Crippen LogP contribution in [0.4, 0.5) is 13.2 Å². The molecule has 0 saturated carbocycles. The number of nitrogens with zero attached hydrogens (tertiary/aromatic N) is 1. The highest BCUT2D eigenvalue weighted by atomic mass is 32.2. The van der Waals surface area contributed by atoms with E-state index >= 15 is 0 Å². The lowest BCUT2D eigenvalue weighted by molar-refractivity contribution is -0.141. The van der Waals surface area contributed by atoms with Crippen LogP contribution in [0.2, 0.25) is 0 Å². The first kappa shape index (κ1) is 14.0. The second-order valence-electron chi connectivity index (χ2n) is 3.81. The summed E-state index contributed by atoms with van der Waals surface area (Å²) in [5, 5.41) is 0.252. The molecule has 0 atom stereocenters. The fourth-order valence-electron chi connectivity index (χ4n) is 1.45. The molecule has 0 bridgehead atoms. The summed E-state index contributed by atoms with van der Waals surface area (Å²) in [6, 6.07) is 3.98. The Morgan fingerprint density at radius 3 is 2.58 bits per heavy atom. The van der Waals surface area contributed by atoms with Crippen LogP contribution in [-0.4, -0.2) is 4.98 Å². The predicted octanol–water partition coefficient (Wildman–Crippen LogP) is 3.61. The molecule has 0 aliphatic rings. The largest absolute Gasteiger partial charge is 0.468 e. The van der Waals surface area contributed by atoms with Crippen LogP contribution >= 0.6 is 11.8 Å². The molecule has 2 rings (SSSR count). The molecule has 0 radical (unpaired) electrons. The molecule has 0 spiro atoms. The highest BCUT2D eigenvalue weighted by molar-refractivity contribution is 7.99. The van der Waals surface area contributed by atoms with E-state index in [-0.39, 0.29) is 11.6 Å². The van der Waals surface area contributed by atoms with E-state index < -0.39 is 11.9 Å². The van der Waals surface area contributed by atoms with Gasteiger partial charge in [-0.25, -0.2) is 4.98 Å². The number of hydrogen-bond acceptors (Lipinski definition) is 4. The maximum Gasteiger partial charge on any atom is 0.433 e. The summed E-state index contributed by atoms with van der Waals surface area (Å²) in [7, 11) is 0. The number of aromatic nitrogens is 1. The highest BCUT2D eigenvalue weighted by Crippen LogP contribution is 2.35. The third-order valence-corrected chi connectivity index (χ3v) is 3.66. The Kier molecular flexibility index (Phi) is 3.86. The van der Waals surface area contributed by atoms with Gasteiger partial charge in [0.1, 0.15) is 16.5 Å². The summed E-state index contributed by atoms with van der Waals surface area (Å²) in [6.07, 6.45) is -2.98. The zero-order valence-corrected chi connectivity index (χ0v) is 10.8. The first-order valence-electron chi connectivity index (χ1n) is 5.41. The van der Waals surface area contributed by atoms with E-state index in [1.165, 1.54) is 12.3 Å². The highest BCUT2D eigenvalue weighted by Gasteiger charge is 2.33. The van der Waals surface area contributed by atoms with Gasteiger partial charge >= 0.3 is 6.18 Å². The number of rotatable bonds is 3. The van der Waals surface area contributed by atoms with Crippen molar-refractivity contribution in [2.75, 3.05) is 0 Å². The van der Waals surface area contributed by atoms with E-state index in [4.69, 9.17) is 10.2 Å². The monoisotopic (exact) mass is 288 g/mol. The lowest BCUT2D eigenvalue weighted by Crippen LogP contribution is -2.10. The molecule has 2 N–H and O–H groups in total. The average Bonchev–Trinajstić information content (AvgIpc) is 2.74. The molecule has 0 aromatic carbocycles. The second-order valence-corrected chi connectivity index (χ2v) is 4.84. The van der Waals surface area contributed by atoms with Crippen LogP contribution in [0.25, 0.3) is 0 Å². The molecule has 7 heteroatoms. The molecule has 0 unspecified atom stereocenters. The molecule has 0 amide bonds. The van der Waals surface area contributed by atoms with Gasteiger partial charge in [-0.3, -0.25) is 0 Å². The van der Waals surface area contributed by atoms with Crippen molar-refractivity contribution in [2.24, 2.45) is 5.73 Å². The van der Waals surface area contributed by atoms with Gasteiger partial charge in [0.2, 0.25) is 0 Å². The van der Waals surface area contributed by atoms with E-state index in [0.29, 0.717) is 11.3 Å². The van der Waals surface area contributed by atoms with Gasteiger partial charge < -0.3 is 10.2 Å². The van der Waals surface area contributed by atoms with Gasteiger partial charge in [0.15, 0.2) is 0 Å². The summed E-state index contributed by atoms with van der Waals surface area (Å²) in [5.74, 6) is 0.632. The quantitative estimate of drug-likeness (QED) is 0.937. The van der Waals surface area contributed by atoms with Crippen LogP contribution in [0.15, 0.2) is 38.8 Å². The van der Waals surface area contributed by atoms with Crippen molar-refractivity contribution in [3.8, 4) is 0 Å². The van der Waals surface area contributed by atoms with Gasteiger partial charge in [-0.1, -0.05) is 17.8 Å². The number of aryl methyl sites for hydroxylation is 1. The summed E-state index contributed by atoms with van der Waals surface area (Å²) in [5.41, 5.74) is 5.16. The number of halogens is 3. The van der Waals surface area contributed by atoms with Crippen molar-refractivity contribution in [3.63, 3.8) is 0 Å². The number of pyridine rings is 1. The molecule has 3 nitrogen and oxygen atoms in total. The van der Waals surface area contributed by atoms with Crippen LogP contribution in [-0.2, 0) is 12.7 Å². The van der Waals surface area contributed by atoms with E-state index in [2.05, 4.69) is 4.98 Å². The minimum absolute atomic E-state index is 0.129. The lowest BCUT2D eigenvalue weighted by Gasteiger charge is -2.10. The van der Waals surface area contributed by atoms with Gasteiger partial charge in [-0.2, -0.15) is 13.2 Å². The number of alkyl halides is 3. The summed E-state index contributed by atoms with van der Waals surface area (Å²) in [6.45, 7) is 1.86. The normalized spacial score (nSPS) is 11.8. The maximum absolute atomic E-state index is 12.6. The Morgan fingerprint density at radius 1 is 1.32 bits per heavy atom. The Labute approximate surface area is 112 Å². The molecule has 2 aromatic rings. The number of nitrogens with two attached hydrogens (primary N) is 1. The zero-order valence-electron chi connectivity index (χ0n) is 9.99. The topological polar surface area (TPSA) is 52.0 Å². The van der Waals surface area contributed by atoms with Crippen LogP contribution in [0.5, 0.6) is 0 Å². The molecular weight excluding hydrogens is 277 g/mol. The van der Waals surface area contributed by atoms with Gasteiger partial charge in [0.25, 0.3) is 0 Å². The van der Waals surface area contributed by atoms with Crippen molar-refractivity contribution in [1.82, 2.24) is 4.98 Å². The van der Waals surface area contributed by atoms with E-state index in [1.807, 2.05) is 0 Å². The number of hydrogen-bond donors (Lipinski definition) is 1. The molecule has 0 saturated heterocycles. The smallest absolute Gasteiger partial charge is 0.433 e. The third-order valence-electron chi connectivity index (χ3n) is 2.47. The van der Waals surface area contributed by atoms with Crippen molar-refractivity contribution < 1.29 is 17.6 Å². The summed E-state index contributed by atoms with van der Waals surface area (Å²) >= 11 is 1.12. The first-order valence-corrected chi connectivity index (χ1v) is 6.22. The zero-order chi connectivity index (χ0) is 14.0. The standard InChI is InChI=1S/C12H11F3N2OS/c1-7-9(4-5-18-7)19-11-8(6-16)2-3-10(17-11)12(13,14)15/h2-5H,6,16H2,1H3. The first-order chi connectivity index (χ1) is 8.91. The van der Waals surface area contributed by atoms with E-state index in [0.717, 1.165) is 22.7 Å². The molecule has 0 aliphatic heterocycles. The lowest BCUT2D eigenvalue weighted by atomic mass is 10.2. The minimum Gasteiger partial charge on any atom is -0.468 e. The van der Waals surface area contributed by atoms with Gasteiger partial charge in [-0.05, 0) is 24.6 Å². The SMILES string of the molecule is Cc1occc1Sc1nc(C(F)(F)F)ccc1CN. The molecule has 102 valence electrons. The fourth-order valence-corrected chi connectivity index (χ4v) is 2.40. The van der Waals surface area contributed by atoms with Crippen LogP contribution < -0.4 is 5.73 Å². The Bertz CT molecular complexity index is 581. The molecule has 0 fully saturated rings. The van der Waals surface area contributed by atoms with Gasteiger partial charge in [0, 0.05) is 6.54 Å². The third kappa shape index (κ3) is 3.10. The molecule has 19 heavy (non-hydrogen) atoms. The maximum atomic E-state index is 12.6. The minimum atomic E-state index is -4.46. The average molecular weight is 288 g/mol. The van der Waals surface area contributed by atoms with Crippen molar-refractivity contribution in [3.05, 3.63) is 41.5 Å². The molecule has 2 heterocycles. The van der Waals surface area contributed by atoms with Crippen LogP contribution in [0.3, 0.4) is 0 Å². The predicted molar refractivity (Wildman–Crippen MR) is 64.7 cm³/mol. The molecule has 2 aromatic heterocycles. The van der Waals surface area contributed by atoms with Gasteiger partial charge in [0.05, 0.1) is 11.2 Å².